The van der Waals surface area contributed by atoms with Gasteiger partial charge < -0.3 is 5.32 Å². The summed E-state index contributed by atoms with van der Waals surface area (Å²) in [7, 11) is 0. The summed E-state index contributed by atoms with van der Waals surface area (Å²) in [6.07, 6.45) is 11.5. The molecule has 1 aliphatic rings. The van der Waals surface area contributed by atoms with Crippen molar-refractivity contribution in [2.45, 2.75) is 32.1 Å². The third kappa shape index (κ3) is 3.90. The number of aromatic nitrogens is 3. The molecule has 0 atom stereocenters. The molecule has 2 amide bonds. The second-order valence-corrected chi connectivity index (χ2v) is 4.19. The van der Waals surface area contributed by atoms with Crippen LogP contribution in [0.15, 0.2) is 18.6 Å². The number of hydrogen-bond acceptors (Lipinski definition) is 3. The molecule has 1 aliphatic carbocycles. The Labute approximate surface area is 99.9 Å². The predicted molar refractivity (Wildman–Crippen MR) is 64.3 cm³/mol. The van der Waals surface area contributed by atoms with Crippen molar-refractivity contribution in [1.29, 1.82) is 0 Å². The van der Waals surface area contributed by atoms with Gasteiger partial charge in [0, 0.05) is 6.20 Å². The number of aromatic amines is 1. The van der Waals surface area contributed by atoms with E-state index in [9.17, 15) is 4.79 Å². The predicted octanol–water partition coefficient (Wildman–Crippen LogP) is 2.02. The average Bonchev–Trinajstić information content (AvgIpc) is 2.83. The standard InChI is InChI=1S/C11H17N5O/c17-11(15-10-13-8-14-16-10)12-7-6-9-4-2-1-3-5-9/h6-9H,1-5H2,(H3,12,13,14,15,16,17)/b7-6+. The Morgan fingerprint density at radius 2 is 2.24 bits per heavy atom. The maximum absolute atomic E-state index is 11.4. The number of nitrogens with zero attached hydrogens (tertiary/aromatic N) is 2. The van der Waals surface area contributed by atoms with Crippen molar-refractivity contribution >= 4 is 12.0 Å². The summed E-state index contributed by atoms with van der Waals surface area (Å²) < 4.78 is 0. The molecule has 2 rings (SSSR count). The van der Waals surface area contributed by atoms with Crippen LogP contribution in [0.3, 0.4) is 0 Å². The molecule has 1 aromatic heterocycles. The highest BCUT2D eigenvalue weighted by Crippen LogP contribution is 2.24. The molecule has 6 nitrogen and oxygen atoms in total. The molecule has 0 spiro atoms. The molecule has 0 radical (unpaired) electrons. The highest BCUT2D eigenvalue weighted by molar-refractivity contribution is 5.87. The average molecular weight is 235 g/mol. The number of rotatable bonds is 3. The number of H-pyrrole nitrogens is 1. The van der Waals surface area contributed by atoms with E-state index in [0.717, 1.165) is 0 Å². The molecule has 0 unspecified atom stereocenters. The van der Waals surface area contributed by atoms with E-state index in [4.69, 9.17) is 0 Å². The lowest BCUT2D eigenvalue weighted by molar-refractivity contribution is 0.255. The number of carbonyl (C=O) groups excluding carboxylic acids is 1. The molecule has 1 aromatic rings. The fourth-order valence-corrected chi connectivity index (χ4v) is 2.00. The topological polar surface area (TPSA) is 82.7 Å². The molecule has 0 aromatic carbocycles. The first-order chi connectivity index (χ1) is 8.34. The van der Waals surface area contributed by atoms with E-state index >= 15 is 0 Å². The fraction of sp³-hybridized carbons (Fsp3) is 0.545. The number of amides is 2. The normalized spacial score (nSPS) is 17.2. The van der Waals surface area contributed by atoms with Crippen molar-refractivity contribution in [2.24, 2.45) is 5.92 Å². The quantitative estimate of drug-likeness (QED) is 0.749. The summed E-state index contributed by atoms with van der Waals surface area (Å²) in [5, 5.41) is 11.4. The number of anilines is 1. The van der Waals surface area contributed by atoms with Gasteiger partial charge in [-0.05, 0) is 18.8 Å². The van der Waals surface area contributed by atoms with Crippen molar-refractivity contribution in [2.75, 3.05) is 5.32 Å². The summed E-state index contributed by atoms with van der Waals surface area (Å²) in [6, 6.07) is -0.311. The van der Waals surface area contributed by atoms with Gasteiger partial charge in [0.2, 0.25) is 5.95 Å². The molecule has 6 heteroatoms. The lowest BCUT2D eigenvalue weighted by atomic mass is 9.89. The van der Waals surface area contributed by atoms with Crippen LogP contribution in [-0.2, 0) is 0 Å². The van der Waals surface area contributed by atoms with Crippen LogP contribution in [0.25, 0.3) is 0 Å². The summed E-state index contributed by atoms with van der Waals surface area (Å²) in [4.78, 5) is 15.2. The largest absolute Gasteiger partial charge is 0.325 e. The number of carbonyl (C=O) groups is 1. The van der Waals surface area contributed by atoms with Crippen molar-refractivity contribution < 1.29 is 4.79 Å². The Kier molecular flexibility index (Phi) is 4.12. The molecule has 3 N–H and O–H groups in total. The van der Waals surface area contributed by atoms with Crippen LogP contribution in [0.4, 0.5) is 10.7 Å². The minimum atomic E-state index is -0.311. The van der Waals surface area contributed by atoms with Gasteiger partial charge in [0.15, 0.2) is 0 Å². The van der Waals surface area contributed by atoms with Gasteiger partial charge in [0.1, 0.15) is 6.33 Å². The molecule has 1 saturated carbocycles. The summed E-state index contributed by atoms with van der Waals surface area (Å²) in [6.45, 7) is 0. The number of urea groups is 1. The van der Waals surface area contributed by atoms with Crippen molar-refractivity contribution in [1.82, 2.24) is 20.5 Å². The van der Waals surface area contributed by atoms with Gasteiger partial charge in [-0.1, -0.05) is 25.3 Å². The molecular weight excluding hydrogens is 218 g/mol. The number of hydrogen-bond donors (Lipinski definition) is 3. The van der Waals surface area contributed by atoms with E-state index in [0.29, 0.717) is 11.9 Å². The number of allylic oxidation sites excluding steroid dienone is 1. The van der Waals surface area contributed by atoms with Crippen molar-refractivity contribution in [3.05, 3.63) is 18.6 Å². The molecule has 0 aliphatic heterocycles. The number of nitrogens with one attached hydrogen (secondary N) is 3. The molecule has 17 heavy (non-hydrogen) atoms. The van der Waals surface area contributed by atoms with Crippen molar-refractivity contribution in [3.63, 3.8) is 0 Å². The lowest BCUT2D eigenvalue weighted by Gasteiger charge is -2.17. The monoisotopic (exact) mass is 235 g/mol. The van der Waals surface area contributed by atoms with Crippen molar-refractivity contribution in [3.8, 4) is 0 Å². The van der Waals surface area contributed by atoms with Crippen LogP contribution >= 0.6 is 0 Å². The smallest absolute Gasteiger partial charge is 0.315 e. The van der Waals surface area contributed by atoms with Crippen LogP contribution < -0.4 is 10.6 Å². The minimum Gasteiger partial charge on any atom is -0.315 e. The van der Waals surface area contributed by atoms with Gasteiger partial charge in [0.25, 0.3) is 0 Å². The summed E-state index contributed by atoms with van der Waals surface area (Å²) in [5.74, 6) is 0.947. The second kappa shape index (κ2) is 6.03. The summed E-state index contributed by atoms with van der Waals surface area (Å²) in [5.41, 5.74) is 0. The molecule has 92 valence electrons. The van der Waals surface area contributed by atoms with Crippen LogP contribution in [-0.4, -0.2) is 21.2 Å². The van der Waals surface area contributed by atoms with E-state index in [1.807, 2.05) is 0 Å². The molecule has 1 fully saturated rings. The first-order valence-corrected chi connectivity index (χ1v) is 5.94. The highest BCUT2D eigenvalue weighted by Gasteiger charge is 2.09. The zero-order chi connectivity index (χ0) is 11.9. The molecular formula is C11H17N5O. The Bertz CT molecular complexity index is 367. The van der Waals surface area contributed by atoms with Crippen LogP contribution in [0.2, 0.25) is 0 Å². The molecule has 0 saturated heterocycles. The lowest BCUT2D eigenvalue weighted by Crippen LogP contribution is -2.24. The SMILES string of the molecule is O=C(N/C=C/C1CCCCC1)Nc1ncn[nH]1. The van der Waals surface area contributed by atoms with Gasteiger partial charge in [-0.25, -0.2) is 9.89 Å². The van der Waals surface area contributed by atoms with Gasteiger partial charge >= 0.3 is 6.03 Å². The maximum Gasteiger partial charge on any atom is 0.325 e. The van der Waals surface area contributed by atoms with Gasteiger partial charge in [0.05, 0.1) is 0 Å². The van der Waals surface area contributed by atoms with E-state index in [1.165, 1.54) is 38.4 Å². The molecule has 1 heterocycles. The third-order valence-corrected chi connectivity index (χ3v) is 2.88. The highest BCUT2D eigenvalue weighted by atomic mass is 16.2. The van der Waals surface area contributed by atoms with Gasteiger partial charge in [-0.3, -0.25) is 5.32 Å². The van der Waals surface area contributed by atoms with Gasteiger partial charge in [-0.15, -0.1) is 0 Å². The second-order valence-electron chi connectivity index (χ2n) is 4.19. The van der Waals surface area contributed by atoms with E-state index in [2.05, 4.69) is 31.9 Å². The van der Waals surface area contributed by atoms with E-state index in [-0.39, 0.29) is 6.03 Å². The molecule has 0 bridgehead atoms. The zero-order valence-corrected chi connectivity index (χ0v) is 9.65. The Morgan fingerprint density at radius 1 is 1.41 bits per heavy atom. The van der Waals surface area contributed by atoms with Gasteiger partial charge in [-0.2, -0.15) is 10.1 Å². The first kappa shape index (κ1) is 11.6. The first-order valence-electron chi connectivity index (χ1n) is 5.94. The zero-order valence-electron chi connectivity index (χ0n) is 9.65. The fourth-order valence-electron chi connectivity index (χ4n) is 2.00. The van der Waals surface area contributed by atoms with E-state index < -0.39 is 0 Å². The third-order valence-electron chi connectivity index (χ3n) is 2.88. The van der Waals surface area contributed by atoms with Crippen LogP contribution in [0, 0.1) is 5.92 Å². The van der Waals surface area contributed by atoms with E-state index in [1.54, 1.807) is 6.20 Å². The Hall–Kier alpha value is -1.85. The van der Waals surface area contributed by atoms with Crippen LogP contribution in [0.5, 0.6) is 0 Å². The Balaban J connectivity index is 1.70. The van der Waals surface area contributed by atoms with Crippen LogP contribution in [0.1, 0.15) is 32.1 Å². The Morgan fingerprint density at radius 3 is 2.94 bits per heavy atom. The minimum absolute atomic E-state index is 0.311. The maximum atomic E-state index is 11.4. The summed E-state index contributed by atoms with van der Waals surface area (Å²) >= 11 is 0.